The smallest absolute Gasteiger partial charge is 0.258 e. The van der Waals surface area contributed by atoms with Gasteiger partial charge in [-0.2, -0.15) is 4.31 Å². The van der Waals surface area contributed by atoms with E-state index < -0.39 is 10.0 Å². The molecule has 35 heavy (non-hydrogen) atoms. The van der Waals surface area contributed by atoms with Crippen LogP contribution < -0.4 is 10.1 Å². The van der Waals surface area contributed by atoms with Gasteiger partial charge in [-0.1, -0.05) is 66.2 Å². The van der Waals surface area contributed by atoms with Crippen LogP contribution in [0.2, 0.25) is 5.02 Å². The van der Waals surface area contributed by atoms with E-state index in [1.807, 2.05) is 49.4 Å². The summed E-state index contributed by atoms with van der Waals surface area (Å²) in [4.78, 5) is 12.4. The Morgan fingerprint density at radius 2 is 1.77 bits per heavy atom. The Morgan fingerprint density at radius 3 is 2.51 bits per heavy atom. The minimum atomic E-state index is -3.71. The summed E-state index contributed by atoms with van der Waals surface area (Å²) >= 11 is 6.32. The van der Waals surface area contributed by atoms with E-state index in [4.69, 9.17) is 16.3 Å². The second-order valence-corrected chi connectivity index (χ2v) is 11.1. The maximum atomic E-state index is 13.2. The fraction of sp³-hybridized carbons (Fsp3) is 0.296. The molecule has 184 valence electrons. The first-order valence-corrected chi connectivity index (χ1v) is 13.5. The number of nitrogens with one attached hydrogen (secondary N) is 1. The van der Waals surface area contributed by atoms with Gasteiger partial charge in [0.2, 0.25) is 10.0 Å². The van der Waals surface area contributed by atoms with Gasteiger partial charge in [0.25, 0.3) is 5.91 Å². The monoisotopic (exact) mass is 512 g/mol. The summed E-state index contributed by atoms with van der Waals surface area (Å²) in [6, 6.07) is 22.3. The second-order valence-electron chi connectivity index (χ2n) is 8.73. The van der Waals surface area contributed by atoms with Gasteiger partial charge in [-0.15, -0.1) is 0 Å². The largest absolute Gasteiger partial charge is 0.482 e. The molecule has 3 aromatic carbocycles. The number of halogens is 1. The van der Waals surface area contributed by atoms with Crippen molar-refractivity contribution < 1.29 is 17.9 Å². The fourth-order valence-electron chi connectivity index (χ4n) is 4.14. The number of carbonyl (C=O) groups is 1. The Bertz CT molecular complexity index is 1280. The highest BCUT2D eigenvalue weighted by Crippen LogP contribution is 2.30. The summed E-state index contributed by atoms with van der Waals surface area (Å²) in [6.45, 7) is 2.49. The number of rotatable bonds is 9. The Hall–Kier alpha value is -2.87. The summed E-state index contributed by atoms with van der Waals surface area (Å²) in [5, 5.41) is 3.06. The van der Waals surface area contributed by atoms with Crippen molar-refractivity contribution in [3.05, 3.63) is 94.5 Å². The molecule has 0 spiro atoms. The lowest BCUT2D eigenvalue weighted by Crippen LogP contribution is -2.36. The molecule has 0 aliphatic carbocycles. The molecule has 1 N–H and O–H groups in total. The van der Waals surface area contributed by atoms with Gasteiger partial charge < -0.3 is 10.1 Å². The van der Waals surface area contributed by atoms with Crippen molar-refractivity contribution in [1.82, 2.24) is 9.62 Å². The predicted octanol–water partition coefficient (Wildman–Crippen LogP) is 4.60. The summed E-state index contributed by atoms with van der Waals surface area (Å²) in [5.74, 6) is 0.00648. The van der Waals surface area contributed by atoms with Crippen molar-refractivity contribution in [2.45, 2.75) is 43.7 Å². The summed E-state index contributed by atoms with van der Waals surface area (Å²) in [5.41, 5.74) is 3.41. The van der Waals surface area contributed by atoms with Crippen molar-refractivity contribution in [3.8, 4) is 5.75 Å². The average molecular weight is 513 g/mol. The standard InChI is InChI=1S/C27H29ClN2O4S/c1-20(11-12-21-7-3-2-4-8-21)29-27(31)19-34-26-14-13-24(17-25(26)28)35(32,33)30-16-15-22-9-5-6-10-23(22)18-30/h2-10,13-14,17,20H,11-12,15-16,18-19H2,1H3,(H,29,31)/t20-/m0/s1. The van der Waals surface area contributed by atoms with Crippen LogP contribution >= 0.6 is 11.6 Å². The quantitative estimate of drug-likeness (QED) is 0.454. The number of amides is 1. The van der Waals surface area contributed by atoms with Crippen LogP contribution in [0.4, 0.5) is 0 Å². The number of hydrogen-bond donors (Lipinski definition) is 1. The molecule has 0 radical (unpaired) electrons. The molecule has 6 nitrogen and oxygen atoms in total. The summed E-state index contributed by atoms with van der Waals surface area (Å²) in [6.07, 6.45) is 2.35. The Balaban J connectivity index is 1.31. The number of nitrogens with zero attached hydrogens (tertiary/aromatic N) is 1. The van der Waals surface area contributed by atoms with Crippen LogP contribution in [0.1, 0.15) is 30.0 Å². The van der Waals surface area contributed by atoms with Crippen LogP contribution in [0.3, 0.4) is 0 Å². The van der Waals surface area contributed by atoms with E-state index in [1.165, 1.54) is 33.6 Å². The molecule has 0 bridgehead atoms. The lowest BCUT2D eigenvalue weighted by atomic mass is 10.0. The Labute approximate surface area is 211 Å². The van der Waals surface area contributed by atoms with E-state index in [2.05, 4.69) is 17.4 Å². The first-order chi connectivity index (χ1) is 16.8. The van der Waals surface area contributed by atoms with E-state index in [-0.39, 0.29) is 34.2 Å². The van der Waals surface area contributed by atoms with E-state index >= 15 is 0 Å². The minimum absolute atomic E-state index is 0.0102. The minimum Gasteiger partial charge on any atom is -0.482 e. The third-order valence-corrected chi connectivity index (χ3v) is 8.25. The van der Waals surface area contributed by atoms with Crippen LogP contribution in [0, 0.1) is 0 Å². The molecule has 0 saturated heterocycles. The molecule has 1 aliphatic rings. The van der Waals surface area contributed by atoms with Crippen LogP contribution in [0.5, 0.6) is 5.75 Å². The third-order valence-electron chi connectivity index (χ3n) is 6.11. The van der Waals surface area contributed by atoms with Gasteiger partial charge in [-0.25, -0.2) is 8.42 Å². The normalized spacial score (nSPS) is 14.7. The third kappa shape index (κ3) is 6.42. The zero-order valence-corrected chi connectivity index (χ0v) is 21.2. The molecule has 0 fully saturated rings. The molecule has 1 amide bonds. The van der Waals surface area contributed by atoms with Gasteiger partial charge in [0, 0.05) is 19.1 Å². The molecule has 0 saturated carbocycles. The van der Waals surface area contributed by atoms with Crippen LogP contribution in [-0.2, 0) is 34.2 Å². The number of fused-ring (bicyclic) bond motifs is 1. The number of carbonyl (C=O) groups excluding carboxylic acids is 1. The van der Waals surface area contributed by atoms with E-state index in [0.29, 0.717) is 19.5 Å². The first-order valence-electron chi connectivity index (χ1n) is 11.7. The van der Waals surface area contributed by atoms with Gasteiger partial charge >= 0.3 is 0 Å². The van der Waals surface area contributed by atoms with Gasteiger partial charge in [0.1, 0.15) is 5.75 Å². The van der Waals surface area contributed by atoms with Gasteiger partial charge in [0.05, 0.1) is 9.92 Å². The van der Waals surface area contributed by atoms with E-state index in [1.54, 1.807) is 0 Å². The zero-order valence-electron chi connectivity index (χ0n) is 19.6. The molecule has 8 heteroatoms. The molecule has 1 heterocycles. The van der Waals surface area contributed by atoms with Gasteiger partial charge in [-0.05, 0) is 61.1 Å². The number of aryl methyl sites for hydroxylation is 1. The number of sulfonamides is 1. The van der Waals surface area contributed by atoms with Crippen LogP contribution in [-0.4, -0.2) is 37.8 Å². The fourth-order valence-corrected chi connectivity index (χ4v) is 5.89. The number of benzene rings is 3. The van der Waals surface area contributed by atoms with Gasteiger partial charge in [-0.3, -0.25) is 4.79 Å². The second kappa shape index (κ2) is 11.2. The number of hydrogen-bond acceptors (Lipinski definition) is 4. The molecule has 0 unspecified atom stereocenters. The molecule has 4 rings (SSSR count). The molecular formula is C27H29ClN2O4S. The topological polar surface area (TPSA) is 75.7 Å². The maximum Gasteiger partial charge on any atom is 0.258 e. The highest BCUT2D eigenvalue weighted by Gasteiger charge is 2.28. The predicted molar refractivity (Wildman–Crippen MR) is 137 cm³/mol. The molecule has 1 atom stereocenters. The zero-order chi connectivity index (χ0) is 24.8. The maximum absolute atomic E-state index is 13.2. The van der Waals surface area contributed by atoms with Crippen molar-refractivity contribution in [2.75, 3.05) is 13.2 Å². The van der Waals surface area contributed by atoms with Gasteiger partial charge in [0.15, 0.2) is 6.61 Å². The van der Waals surface area contributed by atoms with E-state index in [9.17, 15) is 13.2 Å². The highest BCUT2D eigenvalue weighted by molar-refractivity contribution is 7.89. The Kier molecular flexibility index (Phi) is 8.11. The molecule has 0 aromatic heterocycles. The van der Waals surface area contributed by atoms with Crippen LogP contribution in [0.25, 0.3) is 0 Å². The van der Waals surface area contributed by atoms with Crippen molar-refractivity contribution in [3.63, 3.8) is 0 Å². The number of ether oxygens (including phenoxy) is 1. The average Bonchev–Trinajstić information content (AvgIpc) is 2.87. The molecule has 3 aromatic rings. The molecule has 1 aliphatic heterocycles. The highest BCUT2D eigenvalue weighted by atomic mass is 35.5. The van der Waals surface area contributed by atoms with Crippen LogP contribution in [0.15, 0.2) is 77.7 Å². The van der Waals surface area contributed by atoms with Crippen molar-refractivity contribution in [1.29, 1.82) is 0 Å². The van der Waals surface area contributed by atoms with E-state index in [0.717, 1.165) is 18.4 Å². The SMILES string of the molecule is C[C@@H](CCc1ccccc1)NC(=O)COc1ccc(S(=O)(=O)N2CCc3ccccc3C2)cc1Cl. The Morgan fingerprint density at radius 1 is 1.06 bits per heavy atom. The lowest BCUT2D eigenvalue weighted by Gasteiger charge is -2.28. The lowest BCUT2D eigenvalue weighted by molar-refractivity contribution is -0.123. The van der Waals surface area contributed by atoms with Crippen molar-refractivity contribution >= 4 is 27.5 Å². The first kappa shape index (κ1) is 25.2. The summed E-state index contributed by atoms with van der Waals surface area (Å²) < 4.78 is 33.4. The van der Waals surface area contributed by atoms with Crippen molar-refractivity contribution in [2.24, 2.45) is 0 Å². The summed E-state index contributed by atoms with van der Waals surface area (Å²) in [7, 11) is -3.71. The molecular weight excluding hydrogens is 484 g/mol.